The minimum absolute atomic E-state index is 0. The van der Waals surface area contributed by atoms with Gasteiger partial charge in [-0.05, 0) is 99.8 Å². The first-order chi connectivity index (χ1) is 21.9. The molecular weight excluding hydrogens is 651 g/mol. The van der Waals surface area contributed by atoms with Crippen molar-refractivity contribution in [1.29, 1.82) is 0 Å². The van der Waals surface area contributed by atoms with E-state index in [2.05, 4.69) is 47.1 Å². The van der Waals surface area contributed by atoms with Crippen molar-refractivity contribution >= 4 is 29.8 Å². The number of aliphatic hydroxyl groups excluding tert-OH is 1. The Hall–Kier alpha value is -3.52. The Kier molecular flexibility index (Phi) is 12.6. The minimum atomic E-state index is -0.446. The van der Waals surface area contributed by atoms with Gasteiger partial charge in [-0.15, -0.1) is 14.4 Å². The largest absolute Gasteiger partial charge is 0.497 e. The zero-order valence-corrected chi connectivity index (χ0v) is 28.5. The zero-order chi connectivity index (χ0) is 31.8. The van der Waals surface area contributed by atoms with E-state index in [0.717, 1.165) is 63.2 Å². The molecule has 2 heterocycles. The molecule has 10 nitrogen and oxygen atoms in total. The third-order valence-corrected chi connectivity index (χ3v) is 8.58. The van der Waals surface area contributed by atoms with Crippen molar-refractivity contribution in [3.63, 3.8) is 0 Å². The van der Waals surface area contributed by atoms with Crippen molar-refractivity contribution < 1.29 is 45.4 Å². The summed E-state index contributed by atoms with van der Waals surface area (Å²) in [6.45, 7) is 11.6. The molecule has 0 fully saturated rings. The molecule has 0 bridgehead atoms. The predicted octanol–water partition coefficient (Wildman–Crippen LogP) is 6.89. The SMILES string of the molecule is CCN(CC)OOSc1ccc(/C(O)=N/N=C/C=C2\N(CC)c3ccc(OC)cc3C2(C)Cc2cccc3c2OCCO3)cc1.[Co]. The normalized spacial score (nSPS) is 18.3. The molecule has 1 unspecified atom stereocenters. The molecule has 12 heteroatoms. The molecular formula is C34H40CoN4O6S. The van der Waals surface area contributed by atoms with Crippen molar-refractivity contribution in [3.8, 4) is 17.2 Å². The quantitative estimate of drug-likeness (QED) is 0.0676. The van der Waals surface area contributed by atoms with Crippen LogP contribution in [0.5, 0.6) is 17.2 Å². The number of allylic oxidation sites excluding steroid dienone is 2. The Morgan fingerprint density at radius 2 is 1.83 bits per heavy atom. The number of hydroxylamine groups is 2. The van der Waals surface area contributed by atoms with E-state index in [4.69, 9.17) is 23.5 Å². The van der Waals surface area contributed by atoms with E-state index in [1.165, 1.54) is 0 Å². The molecule has 3 aromatic rings. The summed E-state index contributed by atoms with van der Waals surface area (Å²) in [7, 11) is 1.68. The standard InChI is InChI=1S/C34H40N4O6S.Co/c1-6-37(7-2)43-44-45-27-15-12-24(13-16-27)33(39)36-35-19-18-31-34(4,23-25-10-9-11-30-32(25)42-21-20-41-30)28-22-26(40-5)14-17-29(28)38(31)8-3;/h9-19,22H,6-8,20-21,23H2,1-5H3,(H,36,39);/b31-18-,35-19+;. The van der Waals surface area contributed by atoms with Crippen LogP contribution in [0.4, 0.5) is 5.69 Å². The number of methoxy groups -OCH3 is 1. The number of benzene rings is 3. The van der Waals surface area contributed by atoms with E-state index in [1.54, 1.807) is 30.5 Å². The van der Waals surface area contributed by atoms with Crippen LogP contribution in [0.25, 0.3) is 0 Å². The first-order valence-corrected chi connectivity index (χ1v) is 15.9. The van der Waals surface area contributed by atoms with Crippen molar-refractivity contribution in [3.05, 3.63) is 89.1 Å². The van der Waals surface area contributed by atoms with Crippen LogP contribution in [0.15, 0.2) is 87.5 Å². The summed E-state index contributed by atoms with van der Waals surface area (Å²) in [4.78, 5) is 8.32. The molecule has 0 amide bonds. The fourth-order valence-electron chi connectivity index (χ4n) is 5.68. The van der Waals surface area contributed by atoms with Gasteiger partial charge < -0.3 is 24.2 Å². The molecule has 0 spiro atoms. The van der Waals surface area contributed by atoms with E-state index < -0.39 is 5.41 Å². The number of para-hydroxylation sites is 1. The zero-order valence-electron chi connectivity index (χ0n) is 26.7. The number of nitrogens with zero attached hydrogens (tertiary/aromatic N) is 4. The van der Waals surface area contributed by atoms with Crippen LogP contribution in [0.3, 0.4) is 0 Å². The van der Waals surface area contributed by atoms with E-state index >= 15 is 0 Å². The molecule has 2 aliphatic rings. The summed E-state index contributed by atoms with van der Waals surface area (Å²) < 4.78 is 22.8. The van der Waals surface area contributed by atoms with Gasteiger partial charge in [0, 0.05) is 63.7 Å². The van der Waals surface area contributed by atoms with Crippen LogP contribution < -0.4 is 19.1 Å². The van der Waals surface area contributed by atoms with E-state index in [0.29, 0.717) is 38.3 Å². The van der Waals surface area contributed by atoms with Crippen molar-refractivity contribution in [1.82, 2.24) is 5.06 Å². The number of anilines is 1. The van der Waals surface area contributed by atoms with Gasteiger partial charge in [-0.3, -0.25) is 0 Å². The maximum Gasteiger partial charge on any atom is 0.238 e. The van der Waals surface area contributed by atoms with Crippen LogP contribution in [-0.4, -0.2) is 62.2 Å². The molecule has 0 aromatic heterocycles. The van der Waals surface area contributed by atoms with Crippen LogP contribution in [0, 0.1) is 0 Å². The Morgan fingerprint density at radius 3 is 2.54 bits per heavy atom. The average molecular weight is 692 g/mol. The smallest absolute Gasteiger partial charge is 0.238 e. The monoisotopic (exact) mass is 691 g/mol. The van der Waals surface area contributed by atoms with Crippen LogP contribution in [0.2, 0.25) is 0 Å². The summed E-state index contributed by atoms with van der Waals surface area (Å²) in [6, 6.07) is 19.4. The van der Waals surface area contributed by atoms with E-state index in [-0.39, 0.29) is 22.7 Å². The molecule has 2 aliphatic heterocycles. The number of hydrogen-bond donors (Lipinski definition) is 1. The third kappa shape index (κ3) is 7.71. The van der Waals surface area contributed by atoms with Gasteiger partial charge in [-0.2, -0.15) is 10.2 Å². The molecule has 0 saturated carbocycles. The number of hydrogen-bond acceptors (Lipinski definition) is 10. The first kappa shape index (κ1) is 35.3. The van der Waals surface area contributed by atoms with E-state index in [9.17, 15) is 5.11 Å². The van der Waals surface area contributed by atoms with Crippen molar-refractivity contribution in [2.24, 2.45) is 10.2 Å². The number of likely N-dealkylation sites (N-methyl/N-ethyl adjacent to an activating group) is 1. The van der Waals surface area contributed by atoms with Gasteiger partial charge >= 0.3 is 0 Å². The molecule has 247 valence electrons. The molecule has 1 atom stereocenters. The molecule has 0 aliphatic carbocycles. The molecule has 1 radical (unpaired) electrons. The first-order valence-electron chi connectivity index (χ1n) is 15.1. The van der Waals surface area contributed by atoms with Gasteiger partial charge in [0.25, 0.3) is 0 Å². The Bertz CT molecular complexity index is 1560. The maximum absolute atomic E-state index is 10.6. The van der Waals surface area contributed by atoms with Gasteiger partial charge in [0.1, 0.15) is 19.0 Å². The summed E-state index contributed by atoms with van der Waals surface area (Å²) in [5.74, 6) is 2.16. The summed E-state index contributed by atoms with van der Waals surface area (Å²) in [5.41, 5.74) is 4.45. The predicted molar refractivity (Wildman–Crippen MR) is 178 cm³/mol. The van der Waals surface area contributed by atoms with Gasteiger partial charge in [-0.25, -0.2) is 0 Å². The van der Waals surface area contributed by atoms with E-state index in [1.807, 2.05) is 50.3 Å². The van der Waals surface area contributed by atoms with Crippen LogP contribution in [-0.2, 0) is 37.9 Å². The van der Waals surface area contributed by atoms with Gasteiger partial charge in [0.15, 0.2) is 11.5 Å². The maximum atomic E-state index is 10.6. The molecule has 3 aromatic carbocycles. The van der Waals surface area contributed by atoms with Crippen molar-refractivity contribution in [2.75, 3.05) is 44.9 Å². The number of ether oxygens (including phenoxy) is 3. The Labute approximate surface area is 285 Å². The topological polar surface area (TPSA) is 97.6 Å². The van der Waals surface area contributed by atoms with Gasteiger partial charge in [0.2, 0.25) is 5.90 Å². The van der Waals surface area contributed by atoms with Gasteiger partial charge in [0.05, 0.1) is 25.4 Å². The van der Waals surface area contributed by atoms with Crippen LogP contribution >= 0.6 is 12.0 Å². The third-order valence-electron chi connectivity index (χ3n) is 7.99. The second-order valence-electron chi connectivity index (χ2n) is 10.7. The van der Waals surface area contributed by atoms with Gasteiger partial charge in [-0.1, -0.05) is 12.1 Å². The Balaban J connectivity index is 0.00000480. The summed E-state index contributed by atoms with van der Waals surface area (Å²) in [6.07, 6.45) is 4.25. The molecule has 5 rings (SSSR count). The number of aliphatic hydroxyl groups is 1. The Morgan fingerprint density at radius 1 is 1.07 bits per heavy atom. The molecule has 46 heavy (non-hydrogen) atoms. The molecule has 1 N–H and O–H groups in total. The number of fused-ring (bicyclic) bond motifs is 2. The second kappa shape index (κ2) is 16.3. The summed E-state index contributed by atoms with van der Waals surface area (Å²) >= 11 is 1.09. The van der Waals surface area contributed by atoms with Crippen LogP contribution in [0.1, 0.15) is 44.4 Å². The fourth-order valence-corrected chi connectivity index (χ4v) is 6.12. The molecule has 0 saturated heterocycles. The average Bonchev–Trinajstić information content (AvgIpc) is 3.31. The van der Waals surface area contributed by atoms with Crippen molar-refractivity contribution in [2.45, 2.75) is 44.4 Å². The second-order valence-corrected chi connectivity index (χ2v) is 11.5. The number of rotatable bonds is 13. The summed E-state index contributed by atoms with van der Waals surface area (Å²) in [5, 5.41) is 20.6. The fraction of sp³-hybridized carbons (Fsp3) is 0.353. The minimum Gasteiger partial charge on any atom is -0.497 e.